The Kier molecular flexibility index (Phi) is 3.90. The Balaban J connectivity index is 1.74. The van der Waals surface area contributed by atoms with Gasteiger partial charge in [-0.1, -0.05) is 18.2 Å². The number of fused-ring (bicyclic) bond motifs is 1. The lowest BCUT2D eigenvalue weighted by Crippen LogP contribution is -2.22. The average molecular weight is 283 g/mol. The first-order valence-electron chi connectivity index (χ1n) is 7.99. The molecule has 1 N–H and O–H groups in total. The molecule has 0 saturated heterocycles. The van der Waals surface area contributed by atoms with Gasteiger partial charge in [0.25, 0.3) is 0 Å². The van der Waals surface area contributed by atoms with Crippen LogP contribution in [-0.2, 0) is 12.8 Å². The predicted octanol–water partition coefficient (Wildman–Crippen LogP) is 4.80. The molecule has 2 heteroatoms. The maximum atomic E-state index is 5.64. The van der Waals surface area contributed by atoms with Gasteiger partial charge in [0.1, 0.15) is 11.5 Å². The summed E-state index contributed by atoms with van der Waals surface area (Å²) in [7, 11) is 0. The summed E-state index contributed by atoms with van der Waals surface area (Å²) in [5.41, 5.74) is 5.74. The quantitative estimate of drug-likeness (QED) is 0.872. The fraction of sp³-hybridized carbons (Fsp3) is 0.474. The van der Waals surface area contributed by atoms with Crippen LogP contribution in [0, 0.1) is 13.8 Å². The van der Waals surface area contributed by atoms with E-state index in [4.69, 9.17) is 4.42 Å². The molecule has 0 saturated carbocycles. The first-order valence-corrected chi connectivity index (χ1v) is 7.99. The highest BCUT2D eigenvalue weighted by atomic mass is 16.3. The predicted molar refractivity (Wildman–Crippen MR) is 86.6 cm³/mol. The molecule has 112 valence electrons. The summed E-state index contributed by atoms with van der Waals surface area (Å²) < 4.78 is 5.64. The summed E-state index contributed by atoms with van der Waals surface area (Å²) in [5.74, 6) is 2.01. The van der Waals surface area contributed by atoms with Crippen molar-refractivity contribution in [1.29, 1.82) is 0 Å². The Morgan fingerprint density at radius 1 is 1.00 bits per heavy atom. The maximum absolute atomic E-state index is 5.64. The van der Waals surface area contributed by atoms with Gasteiger partial charge >= 0.3 is 0 Å². The van der Waals surface area contributed by atoms with Gasteiger partial charge < -0.3 is 9.73 Å². The van der Waals surface area contributed by atoms with Crippen LogP contribution in [0.15, 0.2) is 28.7 Å². The van der Waals surface area contributed by atoms with E-state index >= 15 is 0 Å². The van der Waals surface area contributed by atoms with Crippen molar-refractivity contribution in [2.24, 2.45) is 0 Å². The number of hydrogen-bond donors (Lipinski definition) is 1. The molecule has 0 fully saturated rings. The van der Waals surface area contributed by atoms with Crippen LogP contribution in [0.25, 0.3) is 0 Å². The maximum Gasteiger partial charge on any atom is 0.105 e. The third kappa shape index (κ3) is 2.91. The molecule has 0 aliphatic heterocycles. The van der Waals surface area contributed by atoms with Gasteiger partial charge in [-0.3, -0.25) is 0 Å². The Bertz CT molecular complexity index is 641. The number of benzene rings is 1. The molecule has 0 radical (unpaired) electrons. The van der Waals surface area contributed by atoms with Gasteiger partial charge in [0.05, 0.1) is 0 Å². The van der Waals surface area contributed by atoms with Gasteiger partial charge in [0.15, 0.2) is 0 Å². The molecule has 21 heavy (non-hydrogen) atoms. The first kappa shape index (κ1) is 14.4. The van der Waals surface area contributed by atoms with Crippen LogP contribution in [0.5, 0.6) is 0 Å². The minimum absolute atomic E-state index is 0.297. The van der Waals surface area contributed by atoms with Crippen LogP contribution in [0.1, 0.15) is 66.1 Å². The molecule has 1 aromatic heterocycles. The van der Waals surface area contributed by atoms with Crippen molar-refractivity contribution in [3.05, 3.63) is 58.0 Å². The van der Waals surface area contributed by atoms with Crippen molar-refractivity contribution < 1.29 is 4.42 Å². The summed E-state index contributed by atoms with van der Waals surface area (Å²) >= 11 is 0. The molecule has 2 aromatic rings. The second-order valence-electron chi connectivity index (χ2n) is 6.36. The van der Waals surface area contributed by atoms with Gasteiger partial charge in [-0.2, -0.15) is 0 Å². The lowest BCUT2D eigenvalue weighted by Gasteiger charge is -2.21. The lowest BCUT2D eigenvalue weighted by atomic mass is 10.0. The molecule has 2 nitrogen and oxygen atoms in total. The summed E-state index contributed by atoms with van der Waals surface area (Å²) in [6.07, 6.45) is 3.80. The van der Waals surface area contributed by atoms with E-state index in [9.17, 15) is 0 Å². The van der Waals surface area contributed by atoms with E-state index in [1.165, 1.54) is 30.4 Å². The number of hydrogen-bond acceptors (Lipinski definition) is 2. The summed E-state index contributed by atoms with van der Waals surface area (Å²) in [5, 5.41) is 3.70. The highest BCUT2D eigenvalue weighted by Gasteiger charge is 2.17. The molecular weight excluding hydrogens is 258 g/mol. The van der Waals surface area contributed by atoms with E-state index in [0.717, 1.165) is 11.5 Å². The Labute approximate surface area is 127 Å². The standard InChI is InChI=1S/C19H25NO/c1-12-10-19(15(4)21-12)14(3)20-13(2)17-9-8-16-6-5-7-18(16)11-17/h8-11,13-14,20H,5-7H2,1-4H3. The van der Waals surface area contributed by atoms with Crippen molar-refractivity contribution in [2.45, 2.75) is 59.0 Å². The molecule has 2 atom stereocenters. The third-order valence-electron chi connectivity index (χ3n) is 4.67. The van der Waals surface area contributed by atoms with Crippen LogP contribution in [0.3, 0.4) is 0 Å². The van der Waals surface area contributed by atoms with E-state index in [1.807, 2.05) is 13.8 Å². The zero-order valence-corrected chi connectivity index (χ0v) is 13.5. The van der Waals surface area contributed by atoms with Crippen molar-refractivity contribution in [3.63, 3.8) is 0 Å². The minimum atomic E-state index is 0.297. The summed E-state index contributed by atoms with van der Waals surface area (Å²) in [6.45, 7) is 8.50. The lowest BCUT2D eigenvalue weighted by molar-refractivity contribution is 0.469. The normalized spacial score (nSPS) is 16.8. The third-order valence-corrected chi connectivity index (χ3v) is 4.67. The second kappa shape index (κ2) is 5.69. The smallest absolute Gasteiger partial charge is 0.105 e. The monoisotopic (exact) mass is 283 g/mol. The largest absolute Gasteiger partial charge is 0.466 e. The van der Waals surface area contributed by atoms with Crippen molar-refractivity contribution in [3.8, 4) is 0 Å². The SMILES string of the molecule is Cc1cc(C(C)NC(C)c2ccc3c(c2)CCC3)c(C)o1. The highest BCUT2D eigenvalue weighted by Crippen LogP contribution is 2.28. The highest BCUT2D eigenvalue weighted by molar-refractivity contribution is 5.36. The van der Waals surface area contributed by atoms with E-state index in [2.05, 4.69) is 43.4 Å². The van der Waals surface area contributed by atoms with E-state index in [-0.39, 0.29) is 0 Å². The number of aryl methyl sites for hydroxylation is 4. The van der Waals surface area contributed by atoms with Gasteiger partial charge in [0.2, 0.25) is 0 Å². The van der Waals surface area contributed by atoms with Gasteiger partial charge in [0, 0.05) is 17.6 Å². The number of rotatable bonds is 4. The average Bonchev–Trinajstić information content (AvgIpc) is 3.03. The second-order valence-corrected chi connectivity index (χ2v) is 6.36. The van der Waals surface area contributed by atoms with Crippen molar-refractivity contribution >= 4 is 0 Å². The van der Waals surface area contributed by atoms with E-state index in [0.29, 0.717) is 12.1 Å². The summed E-state index contributed by atoms with van der Waals surface area (Å²) in [4.78, 5) is 0. The van der Waals surface area contributed by atoms with Crippen LogP contribution in [0.4, 0.5) is 0 Å². The molecule has 1 aliphatic carbocycles. The number of furan rings is 1. The van der Waals surface area contributed by atoms with E-state index < -0.39 is 0 Å². The molecule has 2 unspecified atom stereocenters. The molecule has 1 aliphatic rings. The molecular formula is C19H25NO. The van der Waals surface area contributed by atoms with E-state index in [1.54, 1.807) is 11.1 Å². The molecule has 0 amide bonds. The fourth-order valence-corrected chi connectivity index (χ4v) is 3.50. The minimum Gasteiger partial charge on any atom is -0.466 e. The first-order chi connectivity index (χ1) is 10.0. The summed E-state index contributed by atoms with van der Waals surface area (Å²) in [6, 6.07) is 9.77. The molecule has 1 heterocycles. The molecule has 1 aromatic carbocycles. The van der Waals surface area contributed by atoms with Crippen molar-refractivity contribution in [1.82, 2.24) is 5.32 Å². The Morgan fingerprint density at radius 2 is 1.76 bits per heavy atom. The van der Waals surface area contributed by atoms with Gasteiger partial charge in [-0.25, -0.2) is 0 Å². The zero-order valence-electron chi connectivity index (χ0n) is 13.5. The zero-order chi connectivity index (χ0) is 15.0. The van der Waals surface area contributed by atoms with Gasteiger partial charge in [-0.05, 0) is 69.7 Å². The van der Waals surface area contributed by atoms with Crippen LogP contribution >= 0.6 is 0 Å². The number of nitrogens with one attached hydrogen (secondary N) is 1. The molecule has 3 rings (SSSR count). The fourth-order valence-electron chi connectivity index (χ4n) is 3.50. The van der Waals surface area contributed by atoms with Crippen LogP contribution in [0.2, 0.25) is 0 Å². The van der Waals surface area contributed by atoms with Crippen LogP contribution in [-0.4, -0.2) is 0 Å². The van der Waals surface area contributed by atoms with Crippen LogP contribution < -0.4 is 5.32 Å². The van der Waals surface area contributed by atoms with Gasteiger partial charge in [-0.15, -0.1) is 0 Å². The van der Waals surface area contributed by atoms with Crippen molar-refractivity contribution in [2.75, 3.05) is 0 Å². The topological polar surface area (TPSA) is 25.2 Å². The molecule has 0 spiro atoms. The molecule has 0 bridgehead atoms. The Hall–Kier alpha value is -1.54. The Morgan fingerprint density at radius 3 is 2.48 bits per heavy atom.